The van der Waals surface area contributed by atoms with Crippen LogP contribution in [0.4, 0.5) is 0 Å². The normalized spacial score (nSPS) is 11.2. The number of hydrogen-bond acceptors (Lipinski definition) is 6. The van der Waals surface area contributed by atoms with Crippen LogP contribution in [0.25, 0.3) is 22.5 Å². The van der Waals surface area contributed by atoms with Crippen molar-refractivity contribution in [2.45, 2.75) is 33.6 Å². The average Bonchev–Trinajstić information content (AvgIpc) is 2.75. The van der Waals surface area contributed by atoms with E-state index in [1.165, 1.54) is 28.1 Å². The van der Waals surface area contributed by atoms with Crippen LogP contribution in [0.2, 0.25) is 0 Å². The zero-order chi connectivity index (χ0) is 23.6. The topological polar surface area (TPSA) is 115 Å². The van der Waals surface area contributed by atoms with Gasteiger partial charge in [0.25, 0.3) is 0 Å². The minimum atomic E-state index is -4.94. The Bertz CT molecular complexity index is 875. The molecule has 0 radical (unpaired) electrons. The molecular formula is C24H28ClNO6. The second-order valence-electron chi connectivity index (χ2n) is 6.86. The van der Waals surface area contributed by atoms with E-state index in [0.717, 1.165) is 0 Å². The number of halogens is 1. The van der Waals surface area contributed by atoms with Crippen LogP contribution in [0.1, 0.15) is 19.4 Å². The SMILES string of the molecule is CCOC(C[n+]1c(-c2ccccc2)cc(C)cc1-c1ccccc1)OCC.[O-][Cl+3]([O-])([O-])[O-]. The number of pyridine rings is 1. The summed E-state index contributed by atoms with van der Waals surface area (Å²) in [6.07, 6.45) is -0.280. The van der Waals surface area contributed by atoms with Gasteiger partial charge in [0.1, 0.15) is 0 Å². The van der Waals surface area contributed by atoms with Gasteiger partial charge in [-0.15, -0.1) is 10.2 Å². The number of nitrogens with zero attached hydrogens (tertiary/aromatic N) is 1. The van der Waals surface area contributed by atoms with Crippen molar-refractivity contribution in [3.05, 3.63) is 78.4 Å². The zero-order valence-corrected chi connectivity index (χ0v) is 19.2. The van der Waals surface area contributed by atoms with Gasteiger partial charge >= 0.3 is 0 Å². The molecule has 0 bridgehead atoms. The summed E-state index contributed by atoms with van der Waals surface area (Å²) < 4.78 is 48.0. The fraction of sp³-hybridized carbons (Fsp3) is 0.292. The molecule has 0 spiro atoms. The standard InChI is InChI=1S/C24H28NO2.ClHO4/c1-4-26-24(27-5-2)18-25-22(20-12-8-6-9-13-20)16-19(3)17-23(25)21-14-10-7-11-15-21;2-1(3,4)5/h6-17,24H,4-5,18H2,1-3H3;(H,2,3,4,5)/q+1;/p-1. The first-order chi connectivity index (χ1) is 15.2. The molecule has 1 aromatic heterocycles. The van der Waals surface area contributed by atoms with Gasteiger partial charge in [-0.1, -0.05) is 36.4 Å². The Morgan fingerprint density at radius 2 is 1.12 bits per heavy atom. The maximum atomic E-state index is 8.49. The number of ether oxygens (including phenoxy) is 2. The van der Waals surface area contributed by atoms with Crippen molar-refractivity contribution in [1.29, 1.82) is 0 Å². The summed E-state index contributed by atoms with van der Waals surface area (Å²) in [5.74, 6) is 0. The predicted molar refractivity (Wildman–Crippen MR) is 109 cm³/mol. The second kappa shape index (κ2) is 12.6. The van der Waals surface area contributed by atoms with Crippen molar-refractivity contribution in [3.63, 3.8) is 0 Å². The van der Waals surface area contributed by atoms with E-state index < -0.39 is 10.2 Å². The summed E-state index contributed by atoms with van der Waals surface area (Å²) in [7, 11) is -4.94. The summed E-state index contributed by atoms with van der Waals surface area (Å²) >= 11 is 0. The van der Waals surface area contributed by atoms with Gasteiger partial charge in [-0.05, 0) is 50.6 Å². The maximum Gasteiger partial charge on any atom is 0.217 e. The van der Waals surface area contributed by atoms with Crippen molar-refractivity contribution in [2.75, 3.05) is 13.2 Å². The molecule has 0 amide bonds. The van der Waals surface area contributed by atoms with E-state index in [1.54, 1.807) is 0 Å². The molecule has 172 valence electrons. The van der Waals surface area contributed by atoms with E-state index >= 15 is 0 Å². The molecule has 2 aromatic carbocycles. The molecule has 0 saturated carbocycles. The summed E-state index contributed by atoms with van der Waals surface area (Å²) in [6, 6.07) is 25.5. The highest BCUT2D eigenvalue weighted by molar-refractivity contribution is 5.62. The molecule has 7 nitrogen and oxygen atoms in total. The molecule has 0 aliphatic carbocycles. The van der Waals surface area contributed by atoms with E-state index in [1.807, 2.05) is 26.0 Å². The Labute approximate surface area is 190 Å². The van der Waals surface area contributed by atoms with Crippen molar-refractivity contribution in [1.82, 2.24) is 0 Å². The summed E-state index contributed by atoms with van der Waals surface area (Å²) in [6.45, 7) is 8.03. The van der Waals surface area contributed by atoms with E-state index in [0.29, 0.717) is 19.8 Å². The highest BCUT2D eigenvalue weighted by Gasteiger charge is 2.25. The lowest BCUT2D eigenvalue weighted by Gasteiger charge is -2.17. The molecule has 0 fully saturated rings. The number of hydrogen-bond donors (Lipinski definition) is 0. The molecule has 3 aromatic rings. The fourth-order valence-electron chi connectivity index (χ4n) is 3.33. The molecule has 0 atom stereocenters. The number of aromatic nitrogens is 1. The minimum absolute atomic E-state index is 0.280. The highest BCUT2D eigenvalue weighted by atomic mass is 35.7. The van der Waals surface area contributed by atoms with Gasteiger partial charge in [-0.25, -0.2) is 18.6 Å². The lowest BCUT2D eigenvalue weighted by atomic mass is 10.0. The zero-order valence-electron chi connectivity index (χ0n) is 18.4. The van der Waals surface area contributed by atoms with E-state index in [2.05, 4.69) is 72.2 Å². The first-order valence-corrected chi connectivity index (χ1v) is 11.5. The van der Waals surface area contributed by atoms with E-state index in [9.17, 15) is 0 Å². The summed E-state index contributed by atoms with van der Waals surface area (Å²) in [5, 5.41) is 0. The van der Waals surface area contributed by atoms with Crippen LogP contribution in [0, 0.1) is 17.2 Å². The molecule has 32 heavy (non-hydrogen) atoms. The number of aryl methyl sites for hydroxylation is 1. The number of benzene rings is 2. The molecule has 0 unspecified atom stereocenters. The Morgan fingerprint density at radius 3 is 1.47 bits per heavy atom. The van der Waals surface area contributed by atoms with Crippen LogP contribution in [-0.4, -0.2) is 19.5 Å². The fourth-order valence-corrected chi connectivity index (χ4v) is 3.33. The average molecular weight is 462 g/mol. The third-order valence-corrected chi connectivity index (χ3v) is 4.49. The number of rotatable bonds is 8. The van der Waals surface area contributed by atoms with Crippen LogP contribution >= 0.6 is 0 Å². The molecule has 8 heteroatoms. The van der Waals surface area contributed by atoms with Crippen molar-refractivity contribution in [2.24, 2.45) is 0 Å². The second-order valence-corrected chi connectivity index (χ2v) is 7.62. The Balaban J connectivity index is 0.000000654. The smallest absolute Gasteiger partial charge is 0.217 e. The Hall–Kier alpha value is -2.36. The van der Waals surface area contributed by atoms with Gasteiger partial charge < -0.3 is 9.47 Å². The third kappa shape index (κ3) is 8.64. The Kier molecular flexibility index (Phi) is 10.2. The van der Waals surface area contributed by atoms with E-state index in [-0.39, 0.29) is 6.29 Å². The van der Waals surface area contributed by atoms with Crippen LogP contribution < -0.4 is 23.2 Å². The lowest BCUT2D eigenvalue weighted by Crippen LogP contribution is -2.68. The monoisotopic (exact) mass is 461 g/mol. The largest absolute Gasteiger partial charge is 0.347 e. The van der Waals surface area contributed by atoms with Crippen LogP contribution in [0.3, 0.4) is 0 Å². The van der Waals surface area contributed by atoms with Crippen molar-refractivity contribution in [3.8, 4) is 22.5 Å². The predicted octanol–water partition coefficient (Wildman–Crippen LogP) is 0.260. The van der Waals surface area contributed by atoms with Crippen molar-refractivity contribution < 1.29 is 42.9 Å². The summed E-state index contributed by atoms with van der Waals surface area (Å²) in [5.41, 5.74) is 5.93. The van der Waals surface area contributed by atoms with Crippen molar-refractivity contribution >= 4 is 0 Å². The molecule has 3 rings (SSSR count). The molecule has 0 aliphatic rings. The summed E-state index contributed by atoms with van der Waals surface area (Å²) in [4.78, 5) is 0. The van der Waals surface area contributed by atoms with Crippen LogP contribution in [0.15, 0.2) is 72.8 Å². The minimum Gasteiger partial charge on any atom is -0.347 e. The molecule has 0 N–H and O–H groups in total. The maximum absolute atomic E-state index is 8.49. The third-order valence-electron chi connectivity index (χ3n) is 4.49. The molecule has 0 saturated heterocycles. The Morgan fingerprint density at radius 1 is 0.750 bits per heavy atom. The van der Waals surface area contributed by atoms with Gasteiger partial charge in [-0.2, -0.15) is 4.57 Å². The first kappa shape index (κ1) is 25.9. The van der Waals surface area contributed by atoms with Crippen LogP contribution in [-0.2, 0) is 16.0 Å². The molecular weight excluding hydrogens is 434 g/mol. The van der Waals surface area contributed by atoms with Gasteiger partial charge in [0.05, 0.1) is 0 Å². The first-order valence-electron chi connectivity index (χ1n) is 10.2. The molecule has 0 aliphatic heterocycles. The van der Waals surface area contributed by atoms with Gasteiger partial charge in [0.15, 0.2) is 6.54 Å². The quantitative estimate of drug-likeness (QED) is 0.351. The van der Waals surface area contributed by atoms with Gasteiger partial charge in [-0.3, -0.25) is 0 Å². The van der Waals surface area contributed by atoms with Crippen LogP contribution in [0.5, 0.6) is 0 Å². The van der Waals surface area contributed by atoms with E-state index in [4.69, 9.17) is 28.1 Å². The highest BCUT2D eigenvalue weighted by Crippen LogP contribution is 2.23. The molecule has 1 heterocycles. The van der Waals surface area contributed by atoms with Gasteiger partial charge in [0.2, 0.25) is 17.7 Å². The van der Waals surface area contributed by atoms with Gasteiger partial charge in [0, 0.05) is 36.5 Å². The lowest BCUT2D eigenvalue weighted by molar-refractivity contribution is -2.00.